The molecule has 116 valence electrons. The molecule has 1 aliphatic rings. The maximum atomic E-state index is 12.3. The Bertz CT molecular complexity index is 463. The summed E-state index contributed by atoms with van der Waals surface area (Å²) in [4.78, 5) is 14.2. The summed E-state index contributed by atoms with van der Waals surface area (Å²) in [5, 5.41) is 12.1. The molecule has 2 N–H and O–H groups in total. The fourth-order valence-corrected chi connectivity index (χ4v) is 2.84. The van der Waals surface area contributed by atoms with Crippen LogP contribution in [-0.4, -0.2) is 42.3 Å². The number of methoxy groups -OCH3 is 1. The summed E-state index contributed by atoms with van der Waals surface area (Å²) >= 11 is 0. The highest BCUT2D eigenvalue weighted by Gasteiger charge is 2.26. The SMILES string of the molecule is COc1ccccc1CNC(=O)N1CCCCC1CCO. The Kier molecular flexibility index (Phi) is 5.87. The number of nitrogens with zero attached hydrogens (tertiary/aromatic N) is 1. The molecule has 5 heteroatoms. The van der Waals surface area contributed by atoms with Gasteiger partial charge in [-0.2, -0.15) is 0 Å². The number of piperidine rings is 1. The van der Waals surface area contributed by atoms with Crippen LogP contribution in [0.15, 0.2) is 24.3 Å². The van der Waals surface area contributed by atoms with Crippen molar-refractivity contribution in [3.05, 3.63) is 29.8 Å². The number of nitrogens with one attached hydrogen (secondary N) is 1. The van der Waals surface area contributed by atoms with Crippen LogP contribution < -0.4 is 10.1 Å². The van der Waals surface area contributed by atoms with Gasteiger partial charge in [-0.1, -0.05) is 18.2 Å². The molecule has 0 bridgehead atoms. The summed E-state index contributed by atoms with van der Waals surface area (Å²) in [6.07, 6.45) is 3.79. The molecular weight excluding hydrogens is 268 g/mol. The molecule has 1 aliphatic heterocycles. The van der Waals surface area contributed by atoms with E-state index in [4.69, 9.17) is 9.84 Å². The number of hydrogen-bond donors (Lipinski definition) is 2. The van der Waals surface area contributed by atoms with Gasteiger partial charge in [-0.25, -0.2) is 4.79 Å². The number of carbonyl (C=O) groups excluding carboxylic acids is 1. The van der Waals surface area contributed by atoms with Gasteiger partial charge in [-0.3, -0.25) is 0 Å². The fraction of sp³-hybridized carbons (Fsp3) is 0.562. The van der Waals surface area contributed by atoms with Crippen LogP contribution in [0.1, 0.15) is 31.2 Å². The Morgan fingerprint density at radius 2 is 2.24 bits per heavy atom. The lowest BCUT2D eigenvalue weighted by Gasteiger charge is -2.35. The third kappa shape index (κ3) is 4.11. The zero-order valence-electron chi connectivity index (χ0n) is 12.5. The lowest BCUT2D eigenvalue weighted by molar-refractivity contribution is 0.131. The molecular formula is C16H24N2O3. The first-order valence-electron chi connectivity index (χ1n) is 7.53. The largest absolute Gasteiger partial charge is 0.496 e. The lowest BCUT2D eigenvalue weighted by atomic mass is 10.0. The van der Waals surface area contributed by atoms with Crippen molar-refractivity contribution in [1.29, 1.82) is 0 Å². The predicted molar refractivity (Wildman–Crippen MR) is 81.3 cm³/mol. The Morgan fingerprint density at radius 3 is 3.00 bits per heavy atom. The maximum absolute atomic E-state index is 12.3. The number of para-hydroxylation sites is 1. The molecule has 1 unspecified atom stereocenters. The number of hydrogen-bond acceptors (Lipinski definition) is 3. The molecule has 1 atom stereocenters. The van der Waals surface area contributed by atoms with Crippen LogP contribution in [-0.2, 0) is 6.54 Å². The molecule has 1 aromatic rings. The van der Waals surface area contributed by atoms with Crippen LogP contribution in [0, 0.1) is 0 Å². The van der Waals surface area contributed by atoms with E-state index in [1.807, 2.05) is 29.2 Å². The molecule has 5 nitrogen and oxygen atoms in total. The molecule has 1 fully saturated rings. The molecule has 1 heterocycles. The van der Waals surface area contributed by atoms with Gasteiger partial charge >= 0.3 is 6.03 Å². The second kappa shape index (κ2) is 7.88. The Balaban J connectivity index is 1.94. The number of ether oxygens (including phenoxy) is 1. The summed E-state index contributed by atoms with van der Waals surface area (Å²) in [7, 11) is 1.63. The Labute approximate surface area is 125 Å². The molecule has 2 amide bonds. The molecule has 0 spiro atoms. The highest BCUT2D eigenvalue weighted by molar-refractivity contribution is 5.74. The Morgan fingerprint density at radius 1 is 1.43 bits per heavy atom. The number of benzene rings is 1. The van der Waals surface area contributed by atoms with E-state index in [0.29, 0.717) is 13.0 Å². The number of urea groups is 1. The van der Waals surface area contributed by atoms with Gasteiger partial charge in [0.2, 0.25) is 0 Å². The predicted octanol–water partition coefficient (Wildman–Crippen LogP) is 2.14. The van der Waals surface area contributed by atoms with Gasteiger partial charge in [-0.05, 0) is 31.7 Å². The summed E-state index contributed by atoms with van der Waals surface area (Å²) in [6, 6.07) is 7.77. The van der Waals surface area contributed by atoms with Gasteiger partial charge in [0.05, 0.1) is 7.11 Å². The van der Waals surface area contributed by atoms with Crippen molar-refractivity contribution < 1.29 is 14.6 Å². The van der Waals surface area contributed by atoms with Crippen LogP contribution in [0.3, 0.4) is 0 Å². The Hall–Kier alpha value is -1.75. The van der Waals surface area contributed by atoms with E-state index >= 15 is 0 Å². The van der Waals surface area contributed by atoms with Gasteiger partial charge in [0.15, 0.2) is 0 Å². The minimum Gasteiger partial charge on any atom is -0.496 e. The fourth-order valence-electron chi connectivity index (χ4n) is 2.84. The van der Waals surface area contributed by atoms with Crippen LogP contribution in [0.25, 0.3) is 0 Å². The molecule has 1 saturated heterocycles. The van der Waals surface area contributed by atoms with Crippen molar-refractivity contribution in [2.75, 3.05) is 20.3 Å². The van der Waals surface area contributed by atoms with Gasteiger partial charge in [-0.15, -0.1) is 0 Å². The van der Waals surface area contributed by atoms with E-state index in [2.05, 4.69) is 5.32 Å². The summed E-state index contributed by atoms with van der Waals surface area (Å²) in [5.41, 5.74) is 0.962. The summed E-state index contributed by atoms with van der Waals surface area (Å²) in [6.45, 7) is 1.34. The first-order valence-corrected chi connectivity index (χ1v) is 7.53. The van der Waals surface area contributed by atoms with Gasteiger partial charge < -0.3 is 20.1 Å². The first kappa shape index (κ1) is 15.6. The smallest absolute Gasteiger partial charge is 0.317 e. The number of carbonyl (C=O) groups is 1. The second-order valence-electron chi connectivity index (χ2n) is 5.33. The molecule has 0 aliphatic carbocycles. The van der Waals surface area contributed by atoms with Crippen molar-refractivity contribution in [3.63, 3.8) is 0 Å². The van der Waals surface area contributed by atoms with Crippen molar-refractivity contribution in [2.24, 2.45) is 0 Å². The number of aliphatic hydroxyl groups is 1. The van der Waals surface area contributed by atoms with Crippen molar-refractivity contribution in [1.82, 2.24) is 10.2 Å². The van der Waals surface area contributed by atoms with Crippen LogP contribution in [0.2, 0.25) is 0 Å². The quantitative estimate of drug-likeness (QED) is 0.874. The zero-order valence-corrected chi connectivity index (χ0v) is 12.5. The van der Waals surface area contributed by atoms with E-state index in [1.54, 1.807) is 7.11 Å². The first-order chi connectivity index (χ1) is 10.3. The minimum absolute atomic E-state index is 0.0564. The topological polar surface area (TPSA) is 61.8 Å². The third-order valence-electron chi connectivity index (χ3n) is 3.97. The van der Waals surface area contributed by atoms with Crippen LogP contribution >= 0.6 is 0 Å². The molecule has 0 aromatic heterocycles. The molecule has 21 heavy (non-hydrogen) atoms. The molecule has 2 rings (SSSR count). The van der Waals surface area contributed by atoms with Crippen molar-refractivity contribution >= 4 is 6.03 Å². The van der Waals surface area contributed by atoms with E-state index < -0.39 is 0 Å². The molecule has 0 radical (unpaired) electrons. The molecule has 1 aromatic carbocycles. The number of aliphatic hydroxyl groups excluding tert-OH is 1. The number of rotatable bonds is 5. The monoisotopic (exact) mass is 292 g/mol. The van der Waals surface area contributed by atoms with Gasteiger partial charge in [0, 0.05) is 31.3 Å². The van der Waals surface area contributed by atoms with Gasteiger partial charge in [0.25, 0.3) is 0 Å². The lowest BCUT2D eigenvalue weighted by Crippen LogP contribution is -2.48. The average Bonchev–Trinajstić information content (AvgIpc) is 2.53. The van der Waals surface area contributed by atoms with Crippen molar-refractivity contribution in [3.8, 4) is 5.75 Å². The van der Waals surface area contributed by atoms with E-state index in [-0.39, 0.29) is 18.7 Å². The van der Waals surface area contributed by atoms with E-state index in [9.17, 15) is 4.79 Å². The van der Waals surface area contributed by atoms with Crippen LogP contribution in [0.4, 0.5) is 4.79 Å². The zero-order chi connectivity index (χ0) is 15.1. The van der Waals surface area contributed by atoms with E-state index in [0.717, 1.165) is 37.1 Å². The van der Waals surface area contributed by atoms with Gasteiger partial charge in [0.1, 0.15) is 5.75 Å². The summed E-state index contributed by atoms with van der Waals surface area (Å²) in [5.74, 6) is 0.781. The molecule has 0 saturated carbocycles. The average molecular weight is 292 g/mol. The van der Waals surface area contributed by atoms with Crippen LogP contribution in [0.5, 0.6) is 5.75 Å². The maximum Gasteiger partial charge on any atom is 0.317 e. The highest BCUT2D eigenvalue weighted by atomic mass is 16.5. The standard InChI is InChI=1S/C16H24N2O3/c1-21-15-8-3-2-6-13(15)12-17-16(20)18-10-5-4-7-14(18)9-11-19/h2-3,6,8,14,19H,4-5,7,9-12H2,1H3,(H,17,20). The third-order valence-corrected chi connectivity index (χ3v) is 3.97. The normalized spacial score (nSPS) is 18.4. The van der Waals surface area contributed by atoms with E-state index in [1.165, 1.54) is 0 Å². The minimum atomic E-state index is -0.0564. The number of amides is 2. The number of likely N-dealkylation sites (tertiary alicyclic amines) is 1. The summed E-state index contributed by atoms with van der Waals surface area (Å²) < 4.78 is 5.28. The van der Waals surface area contributed by atoms with Crippen molar-refractivity contribution in [2.45, 2.75) is 38.3 Å². The highest BCUT2D eigenvalue weighted by Crippen LogP contribution is 2.20. The second-order valence-corrected chi connectivity index (χ2v) is 5.33.